The van der Waals surface area contributed by atoms with Gasteiger partial charge < -0.3 is 10.2 Å². The summed E-state index contributed by atoms with van der Waals surface area (Å²) in [7, 11) is -3.82. The van der Waals surface area contributed by atoms with E-state index in [2.05, 4.69) is 5.32 Å². The molecule has 2 amide bonds. The molecule has 2 rings (SSSR count). The second kappa shape index (κ2) is 12.9. The van der Waals surface area contributed by atoms with Crippen molar-refractivity contribution in [1.82, 2.24) is 10.2 Å². The Morgan fingerprint density at radius 1 is 0.972 bits per heavy atom. The number of carbonyl (C=O) groups excluding carboxylic acids is 2. The SMILES string of the molecule is CC[C@H](C(=O)N[C@@H](C)CC)N(Cc1ccc(F)cc1)C(=O)CN(c1ccccc1C(C)C)S(C)(=O)=O. The maximum atomic E-state index is 13.8. The topological polar surface area (TPSA) is 86.8 Å². The number of sulfonamides is 1. The molecule has 0 aliphatic heterocycles. The third kappa shape index (κ3) is 7.78. The van der Waals surface area contributed by atoms with Crippen LogP contribution in [-0.4, -0.2) is 50.0 Å². The van der Waals surface area contributed by atoms with Gasteiger partial charge in [0.25, 0.3) is 0 Å². The lowest BCUT2D eigenvalue weighted by molar-refractivity contribution is -0.140. The summed E-state index contributed by atoms with van der Waals surface area (Å²) in [5, 5.41) is 2.93. The van der Waals surface area contributed by atoms with Crippen molar-refractivity contribution in [3.05, 3.63) is 65.5 Å². The van der Waals surface area contributed by atoms with Crippen molar-refractivity contribution in [2.45, 2.75) is 72.0 Å². The number of para-hydroxylation sites is 1. The van der Waals surface area contributed by atoms with Crippen molar-refractivity contribution in [3.63, 3.8) is 0 Å². The van der Waals surface area contributed by atoms with Crippen molar-refractivity contribution >= 4 is 27.5 Å². The Bertz CT molecular complexity index is 1140. The molecule has 0 spiro atoms. The normalized spacial score (nSPS) is 13.2. The number of anilines is 1. The number of hydrogen-bond donors (Lipinski definition) is 1. The zero-order valence-electron chi connectivity index (χ0n) is 22.0. The summed E-state index contributed by atoms with van der Waals surface area (Å²) in [5.41, 5.74) is 1.86. The Morgan fingerprint density at radius 3 is 2.11 bits per heavy atom. The molecule has 36 heavy (non-hydrogen) atoms. The van der Waals surface area contributed by atoms with Crippen LogP contribution in [0.2, 0.25) is 0 Å². The number of amides is 2. The first-order chi connectivity index (χ1) is 16.9. The van der Waals surface area contributed by atoms with Gasteiger partial charge in [0.1, 0.15) is 18.4 Å². The van der Waals surface area contributed by atoms with Crippen LogP contribution in [0.5, 0.6) is 0 Å². The smallest absolute Gasteiger partial charge is 0.244 e. The highest BCUT2D eigenvalue weighted by molar-refractivity contribution is 7.92. The summed E-state index contributed by atoms with van der Waals surface area (Å²) < 4.78 is 40.3. The molecule has 0 aliphatic rings. The number of halogens is 1. The number of carbonyl (C=O) groups is 2. The van der Waals surface area contributed by atoms with Crippen molar-refractivity contribution in [3.8, 4) is 0 Å². The Balaban J connectivity index is 2.49. The highest BCUT2D eigenvalue weighted by Gasteiger charge is 2.32. The van der Waals surface area contributed by atoms with Crippen LogP contribution >= 0.6 is 0 Å². The summed E-state index contributed by atoms with van der Waals surface area (Å²) in [6.07, 6.45) is 2.12. The number of nitrogens with one attached hydrogen (secondary N) is 1. The fraction of sp³-hybridized carbons (Fsp3) is 0.481. The summed E-state index contributed by atoms with van der Waals surface area (Å²) >= 11 is 0. The Kier molecular flexibility index (Phi) is 10.5. The van der Waals surface area contributed by atoms with Crippen LogP contribution in [0.4, 0.5) is 10.1 Å². The van der Waals surface area contributed by atoms with Crippen LogP contribution in [0, 0.1) is 5.82 Å². The molecule has 2 atom stereocenters. The van der Waals surface area contributed by atoms with Crippen LogP contribution in [0.3, 0.4) is 0 Å². The van der Waals surface area contributed by atoms with Crippen LogP contribution in [0.1, 0.15) is 64.5 Å². The Hall–Kier alpha value is -2.94. The van der Waals surface area contributed by atoms with E-state index in [1.165, 1.54) is 17.0 Å². The largest absolute Gasteiger partial charge is 0.352 e. The van der Waals surface area contributed by atoms with Crippen molar-refractivity contribution < 1.29 is 22.4 Å². The fourth-order valence-electron chi connectivity index (χ4n) is 3.94. The molecule has 0 saturated carbocycles. The second-order valence-corrected chi connectivity index (χ2v) is 11.3. The number of benzene rings is 2. The molecule has 0 fully saturated rings. The minimum absolute atomic E-state index is 0.0283. The highest BCUT2D eigenvalue weighted by atomic mass is 32.2. The van der Waals surface area contributed by atoms with Crippen molar-refractivity contribution in [2.24, 2.45) is 0 Å². The van der Waals surface area contributed by atoms with Crippen molar-refractivity contribution in [1.29, 1.82) is 0 Å². The van der Waals surface area contributed by atoms with Gasteiger partial charge >= 0.3 is 0 Å². The number of hydrogen-bond acceptors (Lipinski definition) is 4. The molecule has 9 heteroatoms. The molecule has 0 bridgehead atoms. The molecule has 7 nitrogen and oxygen atoms in total. The minimum atomic E-state index is -3.82. The summed E-state index contributed by atoms with van der Waals surface area (Å²) in [6.45, 7) is 9.11. The molecule has 0 radical (unpaired) electrons. The molecule has 198 valence electrons. The van der Waals surface area contributed by atoms with Gasteiger partial charge in [-0.2, -0.15) is 0 Å². The maximum Gasteiger partial charge on any atom is 0.244 e. The minimum Gasteiger partial charge on any atom is -0.352 e. The fourth-order valence-corrected chi connectivity index (χ4v) is 4.81. The molecule has 0 heterocycles. The lowest BCUT2D eigenvalue weighted by atomic mass is 10.0. The van der Waals surface area contributed by atoms with Gasteiger partial charge in [-0.3, -0.25) is 13.9 Å². The van der Waals surface area contributed by atoms with E-state index in [-0.39, 0.29) is 24.4 Å². The molecule has 0 aromatic heterocycles. The van der Waals surface area contributed by atoms with Crippen LogP contribution in [0.25, 0.3) is 0 Å². The highest BCUT2D eigenvalue weighted by Crippen LogP contribution is 2.29. The van der Waals surface area contributed by atoms with Gasteiger partial charge in [-0.1, -0.05) is 58.0 Å². The van der Waals surface area contributed by atoms with Crippen LogP contribution in [0.15, 0.2) is 48.5 Å². The van der Waals surface area contributed by atoms with E-state index >= 15 is 0 Å². The van der Waals surface area contributed by atoms with E-state index in [0.717, 1.165) is 22.5 Å². The van der Waals surface area contributed by atoms with Gasteiger partial charge in [-0.15, -0.1) is 0 Å². The van der Waals surface area contributed by atoms with Gasteiger partial charge in [-0.25, -0.2) is 12.8 Å². The van der Waals surface area contributed by atoms with Gasteiger partial charge in [-0.05, 0) is 55.0 Å². The first kappa shape index (κ1) is 29.3. The first-order valence-electron chi connectivity index (χ1n) is 12.3. The molecular weight excluding hydrogens is 481 g/mol. The van der Waals surface area contributed by atoms with E-state index in [4.69, 9.17) is 0 Å². The van der Waals surface area contributed by atoms with E-state index < -0.39 is 34.3 Å². The van der Waals surface area contributed by atoms with Crippen LogP contribution in [-0.2, 0) is 26.2 Å². The molecule has 1 N–H and O–H groups in total. The molecule has 2 aromatic carbocycles. The average molecular weight is 520 g/mol. The van der Waals surface area contributed by atoms with E-state index in [0.29, 0.717) is 17.7 Å². The van der Waals surface area contributed by atoms with E-state index in [1.54, 1.807) is 31.2 Å². The van der Waals surface area contributed by atoms with Gasteiger partial charge in [0.15, 0.2) is 0 Å². The van der Waals surface area contributed by atoms with E-state index in [9.17, 15) is 22.4 Å². The number of nitrogens with zero attached hydrogens (tertiary/aromatic N) is 2. The lowest BCUT2D eigenvalue weighted by Gasteiger charge is -2.34. The third-order valence-corrected chi connectivity index (χ3v) is 7.29. The molecule has 0 aliphatic carbocycles. The number of rotatable bonds is 12. The summed E-state index contributed by atoms with van der Waals surface area (Å²) in [6, 6.07) is 11.9. The Labute approximate surface area is 214 Å². The quantitative estimate of drug-likeness (QED) is 0.449. The second-order valence-electron chi connectivity index (χ2n) is 9.37. The molecule has 0 unspecified atom stereocenters. The maximum absolute atomic E-state index is 13.8. The molecule has 0 saturated heterocycles. The zero-order chi connectivity index (χ0) is 27.0. The Morgan fingerprint density at radius 2 is 1.58 bits per heavy atom. The standard InChI is InChI=1S/C27H38FN3O4S/c1-7-20(5)29-27(33)24(8-2)30(17-21-13-15-22(28)16-14-21)26(32)18-31(36(6,34)35)25-12-10-9-11-23(25)19(3)4/h9-16,19-20,24H,7-8,17-18H2,1-6H3,(H,29,33)/t20-,24+/m0/s1. The monoisotopic (exact) mass is 519 g/mol. The summed E-state index contributed by atoms with van der Waals surface area (Å²) in [4.78, 5) is 28.3. The summed E-state index contributed by atoms with van der Waals surface area (Å²) in [5.74, 6) is -1.21. The third-order valence-electron chi connectivity index (χ3n) is 6.16. The van der Waals surface area contributed by atoms with Gasteiger partial charge in [0.05, 0.1) is 11.9 Å². The lowest BCUT2D eigenvalue weighted by Crippen LogP contribution is -2.53. The van der Waals surface area contributed by atoms with Gasteiger partial charge in [0.2, 0.25) is 21.8 Å². The zero-order valence-corrected chi connectivity index (χ0v) is 22.8. The molecule has 2 aromatic rings. The predicted octanol–water partition coefficient (Wildman–Crippen LogP) is 4.44. The average Bonchev–Trinajstić information content (AvgIpc) is 2.82. The van der Waals surface area contributed by atoms with Crippen LogP contribution < -0.4 is 9.62 Å². The van der Waals surface area contributed by atoms with Crippen molar-refractivity contribution in [2.75, 3.05) is 17.1 Å². The van der Waals surface area contributed by atoms with E-state index in [1.807, 2.05) is 39.8 Å². The first-order valence-corrected chi connectivity index (χ1v) is 14.1. The predicted molar refractivity (Wildman–Crippen MR) is 142 cm³/mol. The van der Waals surface area contributed by atoms with Gasteiger partial charge in [0, 0.05) is 12.6 Å². The molecular formula is C27H38FN3O4S.